The third-order valence-corrected chi connectivity index (χ3v) is 5.36. The Bertz CT molecular complexity index is 606. The molecule has 3 fully saturated rings. The van der Waals surface area contributed by atoms with E-state index < -0.39 is 0 Å². The number of halogens is 1. The molecular weight excluding hydrogens is 311 g/mol. The van der Waals surface area contributed by atoms with Crippen LogP contribution in [0.4, 0.5) is 4.39 Å². The number of amides is 1. The minimum absolute atomic E-state index is 0.00524. The summed E-state index contributed by atoms with van der Waals surface area (Å²) in [6.45, 7) is 3.88. The van der Waals surface area contributed by atoms with E-state index in [4.69, 9.17) is 9.47 Å². The highest BCUT2D eigenvalue weighted by molar-refractivity contribution is 5.78. The Morgan fingerprint density at radius 1 is 1.21 bits per heavy atom. The van der Waals surface area contributed by atoms with Crippen LogP contribution in [-0.2, 0) is 20.8 Å². The number of ether oxygens (including phenoxy) is 2. The number of fused-ring (bicyclic) bond motifs is 1. The van der Waals surface area contributed by atoms with Gasteiger partial charge < -0.3 is 14.4 Å². The fourth-order valence-electron chi connectivity index (χ4n) is 4.08. The Morgan fingerprint density at radius 2 is 2.04 bits per heavy atom. The maximum Gasteiger partial charge on any atom is 0.249 e. The molecule has 0 unspecified atom stereocenters. The number of morpholine rings is 1. The summed E-state index contributed by atoms with van der Waals surface area (Å²) in [5.74, 6) is -0.269. The number of rotatable bonds is 3. The van der Waals surface area contributed by atoms with E-state index in [1.54, 1.807) is 6.07 Å². The molecule has 4 rings (SSSR count). The first-order valence-electron chi connectivity index (χ1n) is 8.68. The zero-order valence-corrected chi connectivity index (χ0v) is 13.7. The molecule has 0 radical (unpaired) electrons. The first-order valence-corrected chi connectivity index (χ1v) is 8.68. The zero-order chi connectivity index (χ0) is 16.5. The molecule has 0 bridgehead atoms. The van der Waals surface area contributed by atoms with Crippen molar-refractivity contribution in [2.45, 2.75) is 37.6 Å². The van der Waals surface area contributed by atoms with Crippen LogP contribution < -0.4 is 0 Å². The summed E-state index contributed by atoms with van der Waals surface area (Å²) in [4.78, 5) is 16.7. The van der Waals surface area contributed by atoms with Crippen molar-refractivity contribution in [3.8, 4) is 0 Å². The number of hydrogen-bond acceptors (Lipinski definition) is 4. The molecule has 1 aromatic rings. The van der Waals surface area contributed by atoms with Gasteiger partial charge in [-0.2, -0.15) is 0 Å². The van der Waals surface area contributed by atoms with Gasteiger partial charge >= 0.3 is 0 Å². The van der Waals surface area contributed by atoms with Gasteiger partial charge in [-0.15, -0.1) is 0 Å². The van der Waals surface area contributed by atoms with Gasteiger partial charge in [0.05, 0.1) is 12.1 Å². The molecule has 0 aromatic heterocycles. The Balaban J connectivity index is 1.48. The third-order valence-electron chi connectivity index (χ3n) is 5.36. The van der Waals surface area contributed by atoms with Gasteiger partial charge in [0, 0.05) is 38.9 Å². The lowest BCUT2D eigenvalue weighted by Crippen LogP contribution is -2.53. The summed E-state index contributed by atoms with van der Waals surface area (Å²) >= 11 is 0. The van der Waals surface area contributed by atoms with Crippen molar-refractivity contribution in [2.75, 3.05) is 32.9 Å². The summed E-state index contributed by atoms with van der Waals surface area (Å²) in [5.41, 5.74) is 0.827. The number of nitrogens with zero attached hydrogens (tertiary/aromatic N) is 2. The van der Waals surface area contributed by atoms with Gasteiger partial charge in [-0.25, -0.2) is 4.39 Å². The van der Waals surface area contributed by atoms with Crippen molar-refractivity contribution < 1.29 is 18.7 Å². The van der Waals surface area contributed by atoms with E-state index in [9.17, 15) is 9.18 Å². The number of benzene rings is 1. The monoisotopic (exact) mass is 334 g/mol. The molecule has 0 aliphatic carbocycles. The lowest BCUT2D eigenvalue weighted by Gasteiger charge is -2.37. The van der Waals surface area contributed by atoms with Crippen molar-refractivity contribution >= 4 is 5.91 Å². The molecule has 3 heterocycles. The summed E-state index contributed by atoms with van der Waals surface area (Å²) < 4.78 is 24.7. The van der Waals surface area contributed by atoms with Gasteiger partial charge in [0.2, 0.25) is 5.91 Å². The maximum atomic E-state index is 13.4. The summed E-state index contributed by atoms with van der Waals surface area (Å²) in [6.07, 6.45) is 2.13. The van der Waals surface area contributed by atoms with Gasteiger partial charge in [-0.3, -0.25) is 9.69 Å². The smallest absolute Gasteiger partial charge is 0.249 e. The van der Waals surface area contributed by atoms with Crippen LogP contribution in [0.2, 0.25) is 0 Å². The molecule has 3 saturated heterocycles. The van der Waals surface area contributed by atoms with Crippen LogP contribution in [-0.4, -0.2) is 66.8 Å². The van der Waals surface area contributed by atoms with E-state index in [2.05, 4.69) is 4.90 Å². The molecule has 2 atom stereocenters. The van der Waals surface area contributed by atoms with Gasteiger partial charge in [0.1, 0.15) is 12.4 Å². The van der Waals surface area contributed by atoms with Gasteiger partial charge in [0.15, 0.2) is 0 Å². The Labute approximate surface area is 141 Å². The van der Waals surface area contributed by atoms with Gasteiger partial charge in [-0.05, 0) is 30.5 Å². The largest absolute Gasteiger partial charge is 0.381 e. The molecule has 130 valence electrons. The van der Waals surface area contributed by atoms with Crippen molar-refractivity contribution in [3.05, 3.63) is 35.6 Å². The molecule has 0 spiro atoms. The Morgan fingerprint density at radius 3 is 2.83 bits per heavy atom. The average molecular weight is 334 g/mol. The fraction of sp³-hybridized carbons (Fsp3) is 0.611. The minimum atomic E-state index is -0.264. The van der Waals surface area contributed by atoms with Crippen molar-refractivity contribution in [1.82, 2.24) is 9.80 Å². The number of carbonyl (C=O) groups is 1. The van der Waals surface area contributed by atoms with Crippen LogP contribution in [0.5, 0.6) is 0 Å². The third kappa shape index (κ3) is 3.18. The second-order valence-corrected chi connectivity index (χ2v) is 6.87. The quantitative estimate of drug-likeness (QED) is 0.838. The van der Waals surface area contributed by atoms with E-state index in [0.29, 0.717) is 12.6 Å². The van der Waals surface area contributed by atoms with Gasteiger partial charge in [0.25, 0.3) is 0 Å². The molecule has 1 amide bonds. The maximum absolute atomic E-state index is 13.4. The summed E-state index contributed by atoms with van der Waals surface area (Å²) in [5, 5.41) is 0. The fourth-order valence-corrected chi connectivity index (χ4v) is 4.08. The lowest BCUT2D eigenvalue weighted by molar-refractivity contribution is -0.153. The van der Waals surface area contributed by atoms with E-state index in [0.717, 1.165) is 44.7 Å². The molecule has 3 aliphatic heterocycles. The molecule has 0 saturated carbocycles. The van der Waals surface area contributed by atoms with Crippen LogP contribution in [0.1, 0.15) is 18.4 Å². The van der Waals surface area contributed by atoms with E-state index in [1.807, 2.05) is 11.0 Å². The minimum Gasteiger partial charge on any atom is -0.381 e. The van der Waals surface area contributed by atoms with Crippen LogP contribution in [0.3, 0.4) is 0 Å². The highest BCUT2D eigenvalue weighted by atomic mass is 19.1. The van der Waals surface area contributed by atoms with Crippen molar-refractivity contribution in [2.24, 2.45) is 0 Å². The summed E-state index contributed by atoms with van der Waals surface area (Å²) in [7, 11) is 0. The van der Waals surface area contributed by atoms with Crippen LogP contribution in [0.25, 0.3) is 0 Å². The second-order valence-electron chi connectivity index (χ2n) is 6.87. The van der Waals surface area contributed by atoms with Crippen LogP contribution >= 0.6 is 0 Å². The van der Waals surface area contributed by atoms with Crippen LogP contribution in [0.15, 0.2) is 24.3 Å². The van der Waals surface area contributed by atoms with Crippen molar-refractivity contribution in [1.29, 1.82) is 0 Å². The topological polar surface area (TPSA) is 42.0 Å². The second kappa shape index (κ2) is 6.78. The predicted octanol–water partition coefficient (Wildman–Crippen LogP) is 1.42. The predicted molar refractivity (Wildman–Crippen MR) is 85.9 cm³/mol. The molecule has 3 aliphatic rings. The Hall–Kier alpha value is -1.50. The summed E-state index contributed by atoms with van der Waals surface area (Å²) in [6, 6.07) is 7.05. The SMILES string of the molecule is O=C1CO[C@@H]2CN(C3CCOCC3)C[C@H]2N1Cc1cccc(F)c1. The normalized spacial score (nSPS) is 29.0. The van der Waals surface area contributed by atoms with E-state index in [-0.39, 0.29) is 30.5 Å². The molecule has 24 heavy (non-hydrogen) atoms. The number of likely N-dealkylation sites (tertiary alicyclic amines) is 1. The highest BCUT2D eigenvalue weighted by Gasteiger charge is 2.44. The molecular formula is C18H23FN2O3. The number of hydrogen-bond donors (Lipinski definition) is 0. The first-order chi connectivity index (χ1) is 11.7. The number of carbonyl (C=O) groups excluding carboxylic acids is 1. The van der Waals surface area contributed by atoms with E-state index >= 15 is 0 Å². The van der Waals surface area contributed by atoms with Crippen molar-refractivity contribution in [3.63, 3.8) is 0 Å². The zero-order valence-electron chi connectivity index (χ0n) is 13.7. The molecule has 1 aromatic carbocycles. The van der Waals surface area contributed by atoms with E-state index in [1.165, 1.54) is 12.1 Å². The first kappa shape index (κ1) is 16.0. The standard InChI is InChI=1S/C18H23FN2O3/c19-14-3-1-2-13(8-14)9-21-16-10-20(15-4-6-23-7-5-15)11-17(16)24-12-18(21)22/h1-3,8,15-17H,4-7,9-12H2/t16-,17-/m1/s1. The molecule has 6 heteroatoms. The highest BCUT2D eigenvalue weighted by Crippen LogP contribution is 2.29. The van der Waals surface area contributed by atoms with Crippen LogP contribution in [0, 0.1) is 5.82 Å². The molecule has 0 N–H and O–H groups in total. The molecule has 5 nitrogen and oxygen atoms in total. The Kier molecular flexibility index (Phi) is 4.52. The average Bonchev–Trinajstić information content (AvgIpc) is 3.03. The lowest BCUT2D eigenvalue weighted by atomic mass is 10.1. The van der Waals surface area contributed by atoms with Gasteiger partial charge in [-0.1, -0.05) is 12.1 Å².